The standard InChI is InChI=1S/C21H26N4O3S/c1-5-28-16-9-12(7-8-14(16)26)18-17-13(10-21(3,4)11-15(17)27)22-19-23-20(29-6-2)24-25(18)19/h7-10,17-18,26H,5-6,11H2,1-4H3,(H,22,23,24)/t17-,18-/m0/s1. The first kappa shape index (κ1) is 19.8. The zero-order chi connectivity index (χ0) is 20.8. The normalized spacial score (nSPS) is 22.3. The highest BCUT2D eigenvalue weighted by atomic mass is 32.2. The molecule has 2 aliphatic rings. The van der Waals surface area contributed by atoms with Gasteiger partial charge < -0.3 is 15.2 Å². The highest BCUT2D eigenvalue weighted by Crippen LogP contribution is 2.46. The van der Waals surface area contributed by atoms with E-state index in [4.69, 9.17) is 4.74 Å². The monoisotopic (exact) mass is 414 g/mol. The lowest BCUT2D eigenvalue weighted by Gasteiger charge is -2.40. The summed E-state index contributed by atoms with van der Waals surface area (Å²) in [4.78, 5) is 17.8. The second-order valence-corrected chi connectivity index (χ2v) is 9.27. The minimum atomic E-state index is -0.379. The Kier molecular flexibility index (Phi) is 5.06. The van der Waals surface area contributed by atoms with Crippen LogP contribution in [-0.4, -0.2) is 38.0 Å². The third-order valence-corrected chi connectivity index (χ3v) is 5.92. The Bertz CT molecular complexity index is 982. The van der Waals surface area contributed by atoms with E-state index < -0.39 is 0 Å². The summed E-state index contributed by atoms with van der Waals surface area (Å²) in [5.41, 5.74) is 1.51. The number of fused-ring (bicyclic) bond motifs is 2. The molecule has 2 heterocycles. The fourth-order valence-electron chi connectivity index (χ4n) is 4.12. The van der Waals surface area contributed by atoms with Gasteiger partial charge in [-0.25, -0.2) is 4.68 Å². The fourth-order valence-corrected chi connectivity index (χ4v) is 4.67. The number of phenols is 1. The van der Waals surface area contributed by atoms with Crippen molar-refractivity contribution in [3.05, 3.63) is 35.5 Å². The Morgan fingerprint density at radius 3 is 2.90 bits per heavy atom. The zero-order valence-corrected chi connectivity index (χ0v) is 17.9. The predicted octanol–water partition coefficient (Wildman–Crippen LogP) is 4.01. The molecule has 0 bridgehead atoms. The average molecular weight is 415 g/mol. The van der Waals surface area contributed by atoms with Crippen LogP contribution in [0.15, 0.2) is 35.1 Å². The Labute approximate surface area is 174 Å². The Hall–Kier alpha value is -2.48. The van der Waals surface area contributed by atoms with Crippen LogP contribution in [-0.2, 0) is 4.79 Å². The number of carbonyl (C=O) groups is 1. The number of hydrogen-bond acceptors (Lipinski definition) is 7. The van der Waals surface area contributed by atoms with Gasteiger partial charge in [0.2, 0.25) is 11.1 Å². The zero-order valence-electron chi connectivity index (χ0n) is 17.1. The molecular formula is C21H26N4O3S. The van der Waals surface area contributed by atoms with E-state index in [-0.39, 0.29) is 28.9 Å². The smallest absolute Gasteiger partial charge is 0.227 e. The number of aromatic hydroxyl groups is 1. The lowest BCUT2D eigenvalue weighted by molar-refractivity contribution is -0.125. The molecule has 29 heavy (non-hydrogen) atoms. The van der Waals surface area contributed by atoms with Crippen LogP contribution in [0.25, 0.3) is 0 Å². The third kappa shape index (κ3) is 3.61. The molecule has 0 spiro atoms. The quantitative estimate of drug-likeness (QED) is 0.715. The maximum Gasteiger partial charge on any atom is 0.227 e. The van der Waals surface area contributed by atoms with Gasteiger partial charge in [-0.05, 0) is 35.8 Å². The first-order chi connectivity index (χ1) is 13.8. The van der Waals surface area contributed by atoms with Crippen molar-refractivity contribution in [2.45, 2.75) is 45.3 Å². The summed E-state index contributed by atoms with van der Waals surface area (Å²) in [6.45, 7) is 8.50. The molecule has 0 saturated heterocycles. The van der Waals surface area contributed by atoms with Crippen molar-refractivity contribution in [2.24, 2.45) is 11.3 Å². The van der Waals surface area contributed by atoms with Crippen LogP contribution in [0.4, 0.5) is 5.95 Å². The van der Waals surface area contributed by atoms with Crippen molar-refractivity contribution in [2.75, 3.05) is 17.7 Å². The number of hydrogen-bond donors (Lipinski definition) is 2. The van der Waals surface area contributed by atoms with Crippen LogP contribution in [0.2, 0.25) is 0 Å². The van der Waals surface area contributed by atoms with Gasteiger partial charge in [-0.3, -0.25) is 4.79 Å². The van der Waals surface area contributed by atoms with Gasteiger partial charge in [-0.1, -0.05) is 44.7 Å². The molecule has 1 aromatic heterocycles. The van der Waals surface area contributed by atoms with E-state index in [1.807, 2.05) is 13.0 Å². The molecule has 1 aliphatic carbocycles. The summed E-state index contributed by atoms with van der Waals surface area (Å²) in [5, 5.41) is 18.8. The van der Waals surface area contributed by atoms with Crippen LogP contribution in [0.5, 0.6) is 11.5 Å². The minimum absolute atomic E-state index is 0.0810. The number of allylic oxidation sites excluding steroid dienone is 2. The number of Topliss-reactive ketones (excluding diaryl/α,β-unsaturated/α-hetero) is 1. The van der Waals surface area contributed by atoms with Gasteiger partial charge in [0.05, 0.1) is 18.6 Å². The number of ether oxygens (including phenoxy) is 1. The molecule has 0 radical (unpaired) electrons. The molecule has 0 fully saturated rings. The van der Waals surface area contributed by atoms with Gasteiger partial charge >= 0.3 is 0 Å². The van der Waals surface area contributed by atoms with Crippen LogP contribution in [0.3, 0.4) is 0 Å². The molecule has 154 valence electrons. The molecule has 0 saturated carbocycles. The van der Waals surface area contributed by atoms with E-state index in [0.29, 0.717) is 29.9 Å². The van der Waals surface area contributed by atoms with Crippen molar-refractivity contribution >= 4 is 23.5 Å². The average Bonchev–Trinajstić information content (AvgIpc) is 3.03. The summed E-state index contributed by atoms with van der Waals surface area (Å²) in [6.07, 6.45) is 2.61. The van der Waals surface area contributed by atoms with Crippen LogP contribution in [0.1, 0.15) is 45.7 Å². The molecule has 2 atom stereocenters. The number of nitrogens with zero attached hydrogens (tertiary/aromatic N) is 3. The molecular weight excluding hydrogens is 388 g/mol. The Morgan fingerprint density at radius 2 is 2.17 bits per heavy atom. The summed E-state index contributed by atoms with van der Waals surface area (Å²) in [6, 6.07) is 4.90. The topological polar surface area (TPSA) is 89.3 Å². The number of carbonyl (C=O) groups excluding carboxylic acids is 1. The number of benzene rings is 1. The number of anilines is 1. The summed E-state index contributed by atoms with van der Waals surface area (Å²) < 4.78 is 7.39. The first-order valence-electron chi connectivity index (χ1n) is 9.90. The predicted molar refractivity (Wildman–Crippen MR) is 112 cm³/mol. The van der Waals surface area contributed by atoms with E-state index in [1.165, 1.54) is 0 Å². The van der Waals surface area contributed by atoms with Crippen LogP contribution >= 0.6 is 11.8 Å². The van der Waals surface area contributed by atoms with Crippen molar-refractivity contribution in [1.29, 1.82) is 0 Å². The van der Waals surface area contributed by atoms with Gasteiger partial charge in [0, 0.05) is 12.1 Å². The first-order valence-corrected chi connectivity index (χ1v) is 10.9. The van der Waals surface area contributed by atoms with Crippen molar-refractivity contribution in [1.82, 2.24) is 14.8 Å². The summed E-state index contributed by atoms with van der Waals surface area (Å²) >= 11 is 1.56. The van der Waals surface area contributed by atoms with Crippen molar-refractivity contribution in [3.8, 4) is 11.5 Å². The lowest BCUT2D eigenvalue weighted by atomic mass is 9.72. The molecule has 0 unspecified atom stereocenters. The molecule has 7 nitrogen and oxygen atoms in total. The number of ketones is 1. The lowest BCUT2D eigenvalue weighted by Crippen LogP contribution is -2.42. The van der Waals surface area contributed by atoms with Crippen molar-refractivity contribution < 1.29 is 14.6 Å². The number of rotatable bonds is 5. The maximum atomic E-state index is 13.2. The molecule has 1 aromatic carbocycles. The van der Waals surface area contributed by atoms with Crippen LogP contribution in [0, 0.1) is 11.3 Å². The van der Waals surface area contributed by atoms with Crippen molar-refractivity contribution in [3.63, 3.8) is 0 Å². The third-order valence-electron chi connectivity index (χ3n) is 5.20. The molecule has 1 aliphatic heterocycles. The molecule has 4 rings (SSSR count). The second-order valence-electron chi connectivity index (χ2n) is 8.03. The van der Waals surface area contributed by atoms with E-state index >= 15 is 0 Å². The molecule has 0 amide bonds. The van der Waals surface area contributed by atoms with Gasteiger partial charge in [-0.15, -0.1) is 5.10 Å². The van der Waals surface area contributed by atoms with E-state index in [9.17, 15) is 9.90 Å². The highest BCUT2D eigenvalue weighted by molar-refractivity contribution is 7.99. The number of phenolic OH excluding ortho intramolecular Hbond substituents is 1. The van der Waals surface area contributed by atoms with Gasteiger partial charge in [0.15, 0.2) is 11.5 Å². The van der Waals surface area contributed by atoms with Crippen LogP contribution < -0.4 is 10.1 Å². The Balaban J connectivity index is 1.88. The largest absolute Gasteiger partial charge is 0.504 e. The number of nitrogens with one attached hydrogen (secondary N) is 1. The fraction of sp³-hybridized carbons (Fsp3) is 0.476. The highest BCUT2D eigenvalue weighted by Gasteiger charge is 2.45. The molecule has 2 aromatic rings. The molecule has 2 N–H and O–H groups in total. The number of thioether (sulfide) groups is 1. The SMILES string of the molecule is CCOc1cc([C@H]2[C@@H]3C(=O)CC(C)(C)C=C3Nc3nc(SCC)nn32)ccc1O. The molecule has 8 heteroatoms. The van der Waals surface area contributed by atoms with E-state index in [1.54, 1.807) is 28.6 Å². The van der Waals surface area contributed by atoms with Gasteiger partial charge in [0.1, 0.15) is 5.78 Å². The van der Waals surface area contributed by atoms with E-state index in [0.717, 1.165) is 17.0 Å². The maximum absolute atomic E-state index is 13.2. The van der Waals surface area contributed by atoms with Gasteiger partial charge in [0.25, 0.3) is 0 Å². The second kappa shape index (κ2) is 7.40. The van der Waals surface area contributed by atoms with Gasteiger partial charge in [-0.2, -0.15) is 4.98 Å². The summed E-state index contributed by atoms with van der Waals surface area (Å²) in [7, 11) is 0. The van der Waals surface area contributed by atoms with E-state index in [2.05, 4.69) is 42.2 Å². The minimum Gasteiger partial charge on any atom is -0.504 e. The summed E-state index contributed by atoms with van der Waals surface area (Å²) in [5.74, 6) is 1.77. The Morgan fingerprint density at radius 1 is 1.38 bits per heavy atom. The number of aromatic nitrogens is 3.